The summed E-state index contributed by atoms with van der Waals surface area (Å²) in [4.78, 5) is 31.5. The summed E-state index contributed by atoms with van der Waals surface area (Å²) in [7, 11) is 1.58. The van der Waals surface area contributed by atoms with E-state index in [9.17, 15) is 9.59 Å². The first-order valence-corrected chi connectivity index (χ1v) is 9.21. The van der Waals surface area contributed by atoms with Crippen LogP contribution in [0.5, 0.6) is 5.75 Å². The number of benzene rings is 2. The number of aliphatic imine (C=N–C) groups is 1. The molecule has 1 heterocycles. The zero-order valence-corrected chi connectivity index (χ0v) is 17.0. The van der Waals surface area contributed by atoms with Crippen LogP contribution >= 0.6 is 11.6 Å². The van der Waals surface area contributed by atoms with Crippen molar-refractivity contribution in [3.05, 3.63) is 58.6 Å². The van der Waals surface area contributed by atoms with Crippen molar-refractivity contribution in [2.75, 3.05) is 19.0 Å². The Kier molecular flexibility index (Phi) is 5.42. The lowest BCUT2D eigenvalue weighted by Crippen LogP contribution is -2.46. The van der Waals surface area contributed by atoms with Gasteiger partial charge in [-0.2, -0.15) is 0 Å². The van der Waals surface area contributed by atoms with E-state index in [2.05, 4.69) is 10.3 Å². The van der Waals surface area contributed by atoms with E-state index in [0.717, 1.165) is 5.56 Å². The van der Waals surface area contributed by atoms with Crippen LogP contribution < -0.4 is 10.1 Å². The lowest BCUT2D eigenvalue weighted by atomic mass is 10.1. The molecule has 0 bridgehead atoms. The van der Waals surface area contributed by atoms with Gasteiger partial charge < -0.3 is 15.0 Å². The highest BCUT2D eigenvalue weighted by Gasteiger charge is 2.41. The molecule has 0 unspecified atom stereocenters. The van der Waals surface area contributed by atoms with E-state index in [1.54, 1.807) is 57.4 Å². The number of carbonyl (C=O) groups is 2. The van der Waals surface area contributed by atoms with Crippen molar-refractivity contribution < 1.29 is 14.3 Å². The van der Waals surface area contributed by atoms with Gasteiger partial charge in [0.05, 0.1) is 7.11 Å². The Balaban J connectivity index is 1.76. The van der Waals surface area contributed by atoms with Gasteiger partial charge in [0.15, 0.2) is 0 Å². The first-order valence-electron chi connectivity index (χ1n) is 8.83. The minimum Gasteiger partial charge on any atom is -0.497 e. The van der Waals surface area contributed by atoms with Crippen molar-refractivity contribution in [2.24, 2.45) is 4.99 Å². The molecule has 0 spiro atoms. The Morgan fingerprint density at radius 3 is 2.54 bits per heavy atom. The summed E-state index contributed by atoms with van der Waals surface area (Å²) in [6, 6.07) is 12.4. The van der Waals surface area contributed by atoms with Gasteiger partial charge in [0, 0.05) is 16.3 Å². The van der Waals surface area contributed by atoms with Crippen molar-refractivity contribution in [3.8, 4) is 5.75 Å². The second-order valence-corrected chi connectivity index (χ2v) is 7.52. The molecule has 1 aliphatic heterocycles. The fraction of sp³-hybridized carbons (Fsp3) is 0.286. The zero-order chi connectivity index (χ0) is 20.5. The van der Waals surface area contributed by atoms with Gasteiger partial charge in [0.2, 0.25) is 5.91 Å². The number of hydrogen-bond acceptors (Lipinski definition) is 4. The highest BCUT2D eigenvalue weighted by Crippen LogP contribution is 2.27. The summed E-state index contributed by atoms with van der Waals surface area (Å²) >= 11 is 6.00. The number of nitrogens with one attached hydrogen (secondary N) is 1. The fourth-order valence-electron chi connectivity index (χ4n) is 3.02. The van der Waals surface area contributed by atoms with E-state index in [0.29, 0.717) is 27.7 Å². The predicted molar refractivity (Wildman–Crippen MR) is 110 cm³/mol. The number of halogens is 1. The Morgan fingerprint density at radius 2 is 1.89 bits per heavy atom. The van der Waals surface area contributed by atoms with E-state index < -0.39 is 5.66 Å². The summed E-state index contributed by atoms with van der Waals surface area (Å²) in [6.45, 7) is 5.38. The Bertz CT molecular complexity index is 952. The SMILES string of the molecule is COc1ccc(C2=NC(C)(C)N(CC(=O)Nc3cc(Cl)ccc3C)C2=O)cc1. The Labute approximate surface area is 169 Å². The van der Waals surface area contributed by atoms with Crippen LogP contribution in [0.2, 0.25) is 5.02 Å². The largest absolute Gasteiger partial charge is 0.497 e. The van der Waals surface area contributed by atoms with Crippen molar-refractivity contribution in [1.29, 1.82) is 0 Å². The number of methoxy groups -OCH3 is 1. The number of rotatable bonds is 5. The maximum atomic E-state index is 12.9. The van der Waals surface area contributed by atoms with E-state index >= 15 is 0 Å². The van der Waals surface area contributed by atoms with Gasteiger partial charge in [-0.1, -0.05) is 17.7 Å². The maximum Gasteiger partial charge on any atom is 0.275 e. The normalized spacial score (nSPS) is 15.4. The summed E-state index contributed by atoms with van der Waals surface area (Å²) in [5.74, 6) is 0.105. The van der Waals surface area contributed by atoms with Gasteiger partial charge in [-0.25, -0.2) is 0 Å². The summed E-state index contributed by atoms with van der Waals surface area (Å²) < 4.78 is 5.15. The maximum absolute atomic E-state index is 12.9. The molecule has 7 heteroatoms. The molecule has 28 heavy (non-hydrogen) atoms. The lowest BCUT2D eigenvalue weighted by Gasteiger charge is -2.28. The van der Waals surface area contributed by atoms with Gasteiger partial charge in [0.1, 0.15) is 23.7 Å². The van der Waals surface area contributed by atoms with Gasteiger partial charge >= 0.3 is 0 Å². The van der Waals surface area contributed by atoms with Crippen molar-refractivity contribution in [3.63, 3.8) is 0 Å². The van der Waals surface area contributed by atoms with Gasteiger partial charge in [-0.3, -0.25) is 14.6 Å². The molecule has 0 fully saturated rings. The van der Waals surface area contributed by atoms with E-state index in [-0.39, 0.29) is 18.4 Å². The van der Waals surface area contributed by atoms with Crippen molar-refractivity contribution in [2.45, 2.75) is 26.4 Å². The molecule has 1 N–H and O–H groups in total. The zero-order valence-electron chi connectivity index (χ0n) is 16.2. The number of anilines is 1. The van der Waals surface area contributed by atoms with Crippen molar-refractivity contribution >= 4 is 34.8 Å². The lowest BCUT2D eigenvalue weighted by molar-refractivity contribution is -0.131. The van der Waals surface area contributed by atoms with Crippen LogP contribution in [0.1, 0.15) is 25.0 Å². The number of nitrogens with zero attached hydrogens (tertiary/aromatic N) is 2. The topological polar surface area (TPSA) is 71.0 Å². The molecule has 0 saturated carbocycles. The molecule has 3 rings (SSSR count). The third kappa shape index (κ3) is 4.02. The summed E-state index contributed by atoms with van der Waals surface area (Å²) in [6.07, 6.45) is 0. The minimum absolute atomic E-state index is 0.110. The average molecular weight is 400 g/mol. The quantitative estimate of drug-likeness (QED) is 0.833. The van der Waals surface area contributed by atoms with E-state index in [4.69, 9.17) is 16.3 Å². The van der Waals surface area contributed by atoms with E-state index in [1.807, 2.05) is 13.0 Å². The summed E-state index contributed by atoms with van der Waals surface area (Å²) in [5.41, 5.74) is 1.71. The molecule has 2 aromatic carbocycles. The van der Waals surface area contributed by atoms with E-state index in [1.165, 1.54) is 4.90 Å². The molecule has 0 saturated heterocycles. The number of ether oxygens (including phenoxy) is 1. The molecule has 1 aliphatic rings. The van der Waals surface area contributed by atoms with Crippen LogP contribution in [0, 0.1) is 6.92 Å². The van der Waals surface area contributed by atoms with Gasteiger partial charge in [-0.05, 0) is 62.7 Å². The first kappa shape index (κ1) is 19.9. The molecule has 0 aliphatic carbocycles. The second kappa shape index (κ2) is 7.64. The van der Waals surface area contributed by atoms with Crippen LogP contribution in [0.3, 0.4) is 0 Å². The van der Waals surface area contributed by atoms with Crippen molar-refractivity contribution in [1.82, 2.24) is 4.90 Å². The molecule has 146 valence electrons. The molecule has 6 nitrogen and oxygen atoms in total. The molecule has 2 aromatic rings. The molecular weight excluding hydrogens is 378 g/mol. The molecule has 0 radical (unpaired) electrons. The van der Waals surface area contributed by atoms with Crippen LogP contribution in [0.15, 0.2) is 47.5 Å². The highest BCUT2D eigenvalue weighted by molar-refractivity contribution is 6.47. The number of aryl methyl sites for hydroxylation is 1. The van der Waals surface area contributed by atoms with Crippen LogP contribution in [0.4, 0.5) is 5.69 Å². The molecule has 2 amide bonds. The standard InChI is InChI=1S/C21H22ClN3O3/c1-13-5-8-15(22)11-17(13)23-18(26)12-25-20(27)19(24-21(25,2)3)14-6-9-16(28-4)10-7-14/h5-11H,12H2,1-4H3,(H,23,26). The highest BCUT2D eigenvalue weighted by atomic mass is 35.5. The monoisotopic (exact) mass is 399 g/mol. The van der Waals surface area contributed by atoms with Gasteiger partial charge in [-0.15, -0.1) is 0 Å². The third-order valence-electron chi connectivity index (χ3n) is 4.63. The predicted octanol–water partition coefficient (Wildman–Crippen LogP) is 3.66. The van der Waals surface area contributed by atoms with Crippen LogP contribution in [0.25, 0.3) is 0 Å². The van der Waals surface area contributed by atoms with Crippen LogP contribution in [-0.4, -0.2) is 41.7 Å². The number of amides is 2. The Morgan fingerprint density at radius 1 is 1.21 bits per heavy atom. The fourth-order valence-corrected chi connectivity index (χ4v) is 3.19. The number of carbonyl (C=O) groups excluding carboxylic acids is 2. The second-order valence-electron chi connectivity index (χ2n) is 7.08. The van der Waals surface area contributed by atoms with Gasteiger partial charge in [0.25, 0.3) is 5.91 Å². The number of hydrogen-bond donors (Lipinski definition) is 1. The third-order valence-corrected chi connectivity index (χ3v) is 4.87. The smallest absolute Gasteiger partial charge is 0.275 e. The first-order chi connectivity index (χ1) is 13.2. The molecular formula is C21H22ClN3O3. The Hall–Kier alpha value is -2.86. The minimum atomic E-state index is -0.826. The molecule has 0 atom stereocenters. The van der Waals surface area contributed by atoms with Crippen LogP contribution in [-0.2, 0) is 9.59 Å². The summed E-state index contributed by atoms with van der Waals surface area (Å²) in [5, 5.41) is 3.35. The molecule has 0 aromatic heterocycles. The average Bonchev–Trinajstić information content (AvgIpc) is 2.88.